The highest BCUT2D eigenvalue weighted by atomic mass is 16.3. The van der Waals surface area contributed by atoms with Gasteiger partial charge in [0.05, 0.1) is 5.60 Å². The Morgan fingerprint density at radius 1 is 1.37 bits per heavy atom. The van der Waals surface area contributed by atoms with Gasteiger partial charge in [-0.1, -0.05) is 19.8 Å². The van der Waals surface area contributed by atoms with E-state index in [4.69, 9.17) is 5.73 Å². The van der Waals surface area contributed by atoms with E-state index < -0.39 is 5.60 Å². The molecule has 2 aliphatic rings. The second kappa shape index (κ2) is 6.55. The molecule has 3 N–H and O–H groups in total. The number of aliphatic hydroxyl groups is 1. The first-order chi connectivity index (χ1) is 9.00. The minimum absolute atomic E-state index is 0.375. The highest BCUT2D eigenvalue weighted by Gasteiger charge is 2.33. The van der Waals surface area contributed by atoms with Crippen LogP contribution in [0.2, 0.25) is 0 Å². The summed E-state index contributed by atoms with van der Waals surface area (Å²) in [5.74, 6) is 1.53. The van der Waals surface area contributed by atoms with Crippen molar-refractivity contribution < 1.29 is 5.11 Å². The van der Waals surface area contributed by atoms with E-state index in [-0.39, 0.29) is 0 Å². The maximum absolute atomic E-state index is 10.2. The Labute approximate surface area is 118 Å². The van der Waals surface area contributed by atoms with Gasteiger partial charge in [0.1, 0.15) is 0 Å². The van der Waals surface area contributed by atoms with Crippen molar-refractivity contribution in [3.63, 3.8) is 0 Å². The molecule has 0 aromatic rings. The van der Waals surface area contributed by atoms with Crippen molar-refractivity contribution in [1.82, 2.24) is 4.90 Å². The number of piperidine rings is 1. The lowest BCUT2D eigenvalue weighted by Gasteiger charge is -2.42. The fourth-order valence-corrected chi connectivity index (χ4v) is 4.08. The van der Waals surface area contributed by atoms with Crippen molar-refractivity contribution in [1.29, 1.82) is 0 Å². The number of nitrogens with two attached hydrogens (primary N) is 1. The maximum Gasteiger partial charge on any atom is 0.0746 e. The third-order valence-electron chi connectivity index (χ3n) is 5.09. The third-order valence-corrected chi connectivity index (χ3v) is 5.09. The summed E-state index contributed by atoms with van der Waals surface area (Å²) in [4.78, 5) is 2.45. The zero-order valence-electron chi connectivity index (χ0n) is 12.8. The van der Waals surface area contributed by atoms with Crippen LogP contribution in [0.15, 0.2) is 0 Å². The van der Waals surface area contributed by atoms with E-state index in [0.29, 0.717) is 12.0 Å². The highest BCUT2D eigenvalue weighted by molar-refractivity contribution is 4.88. The van der Waals surface area contributed by atoms with Crippen molar-refractivity contribution in [2.24, 2.45) is 17.6 Å². The molecule has 0 bridgehead atoms. The Morgan fingerprint density at radius 2 is 2.16 bits per heavy atom. The van der Waals surface area contributed by atoms with Gasteiger partial charge in [-0.2, -0.15) is 0 Å². The molecular formula is C16H32N2O. The molecule has 4 atom stereocenters. The molecule has 0 spiro atoms. The molecule has 1 saturated heterocycles. The van der Waals surface area contributed by atoms with Gasteiger partial charge < -0.3 is 15.7 Å². The van der Waals surface area contributed by atoms with E-state index >= 15 is 0 Å². The number of β-amino-alcohol motifs (C(OH)–C–C–N with tert-alkyl or cyclic N) is 1. The quantitative estimate of drug-likeness (QED) is 0.823. The fourth-order valence-electron chi connectivity index (χ4n) is 4.08. The van der Waals surface area contributed by atoms with Crippen LogP contribution < -0.4 is 5.73 Å². The number of rotatable bonds is 4. The molecule has 4 unspecified atom stereocenters. The van der Waals surface area contributed by atoms with Crippen LogP contribution in [0.4, 0.5) is 0 Å². The minimum Gasteiger partial charge on any atom is -0.389 e. The fraction of sp³-hybridized carbons (Fsp3) is 1.00. The first-order valence-corrected chi connectivity index (χ1v) is 8.20. The number of hydrogen-bond acceptors (Lipinski definition) is 3. The molecule has 3 nitrogen and oxygen atoms in total. The second-order valence-electron chi connectivity index (χ2n) is 7.23. The second-order valence-corrected chi connectivity index (χ2v) is 7.23. The van der Waals surface area contributed by atoms with Crippen LogP contribution in [0.25, 0.3) is 0 Å². The zero-order chi connectivity index (χ0) is 13.9. The molecule has 1 aliphatic carbocycles. The molecule has 0 aromatic carbocycles. The predicted molar refractivity (Wildman–Crippen MR) is 80.0 cm³/mol. The summed E-state index contributed by atoms with van der Waals surface area (Å²) in [5.41, 5.74) is 5.85. The minimum atomic E-state index is -0.486. The largest absolute Gasteiger partial charge is 0.389 e. The van der Waals surface area contributed by atoms with Gasteiger partial charge in [0.15, 0.2) is 0 Å². The van der Waals surface area contributed by atoms with E-state index in [9.17, 15) is 5.11 Å². The van der Waals surface area contributed by atoms with Crippen LogP contribution in [0.5, 0.6) is 0 Å². The molecule has 0 amide bonds. The summed E-state index contributed by atoms with van der Waals surface area (Å²) in [6, 6.07) is 0.375. The van der Waals surface area contributed by atoms with Crippen LogP contribution in [0.1, 0.15) is 58.8 Å². The molecule has 2 rings (SSSR count). The monoisotopic (exact) mass is 268 g/mol. The molecule has 1 saturated carbocycles. The molecule has 19 heavy (non-hydrogen) atoms. The lowest BCUT2D eigenvalue weighted by Crippen LogP contribution is -2.50. The molecule has 1 heterocycles. The van der Waals surface area contributed by atoms with Gasteiger partial charge in [-0.25, -0.2) is 0 Å². The molecule has 1 aliphatic heterocycles. The van der Waals surface area contributed by atoms with Crippen LogP contribution in [0.3, 0.4) is 0 Å². The van der Waals surface area contributed by atoms with Gasteiger partial charge in [0, 0.05) is 19.1 Å². The lowest BCUT2D eigenvalue weighted by molar-refractivity contribution is -0.0237. The van der Waals surface area contributed by atoms with Crippen LogP contribution >= 0.6 is 0 Å². The topological polar surface area (TPSA) is 49.5 Å². The van der Waals surface area contributed by atoms with E-state index in [0.717, 1.165) is 38.4 Å². The Balaban J connectivity index is 1.85. The first-order valence-electron chi connectivity index (χ1n) is 8.20. The zero-order valence-corrected chi connectivity index (χ0v) is 12.8. The van der Waals surface area contributed by atoms with E-state index in [2.05, 4.69) is 11.8 Å². The SMILES string of the molecule is CCCC1CCC(N)C(CN2CCCC(C)(O)C2)C1. The van der Waals surface area contributed by atoms with Crippen LogP contribution in [-0.2, 0) is 0 Å². The predicted octanol–water partition coefficient (Wildman–Crippen LogP) is 2.38. The van der Waals surface area contributed by atoms with Crippen molar-refractivity contribution in [3.05, 3.63) is 0 Å². The third kappa shape index (κ3) is 4.44. The molecule has 0 radical (unpaired) electrons. The van der Waals surface area contributed by atoms with Gasteiger partial charge in [-0.15, -0.1) is 0 Å². The van der Waals surface area contributed by atoms with E-state index in [1.54, 1.807) is 0 Å². The van der Waals surface area contributed by atoms with Crippen molar-refractivity contribution in [3.8, 4) is 0 Å². The average Bonchev–Trinajstić information content (AvgIpc) is 2.32. The van der Waals surface area contributed by atoms with E-state index in [1.807, 2.05) is 6.92 Å². The van der Waals surface area contributed by atoms with Crippen LogP contribution in [0, 0.1) is 11.8 Å². The average molecular weight is 268 g/mol. The first kappa shape index (κ1) is 15.3. The van der Waals surface area contributed by atoms with Crippen LogP contribution in [-0.4, -0.2) is 41.3 Å². The standard InChI is InChI=1S/C16H32N2O/c1-3-5-13-6-7-15(17)14(10-13)11-18-9-4-8-16(2,19)12-18/h13-15,19H,3-12,17H2,1-2H3. The molecule has 2 fully saturated rings. The molecule has 0 aromatic heterocycles. The number of likely N-dealkylation sites (tertiary alicyclic amines) is 1. The Kier molecular flexibility index (Phi) is 5.27. The smallest absolute Gasteiger partial charge is 0.0746 e. The van der Waals surface area contributed by atoms with Gasteiger partial charge >= 0.3 is 0 Å². The summed E-state index contributed by atoms with van der Waals surface area (Å²) in [7, 11) is 0. The van der Waals surface area contributed by atoms with E-state index in [1.165, 1.54) is 32.1 Å². The van der Waals surface area contributed by atoms with Gasteiger partial charge in [-0.3, -0.25) is 0 Å². The molecular weight excluding hydrogens is 236 g/mol. The van der Waals surface area contributed by atoms with Gasteiger partial charge in [0.25, 0.3) is 0 Å². The summed E-state index contributed by atoms with van der Waals surface area (Å²) in [6.45, 7) is 7.31. The van der Waals surface area contributed by atoms with Crippen molar-refractivity contribution in [2.75, 3.05) is 19.6 Å². The lowest BCUT2D eigenvalue weighted by atomic mass is 9.76. The van der Waals surface area contributed by atoms with Crippen molar-refractivity contribution >= 4 is 0 Å². The normalized spacial score (nSPS) is 41.4. The number of nitrogens with zero attached hydrogens (tertiary/aromatic N) is 1. The number of hydrogen-bond donors (Lipinski definition) is 2. The highest BCUT2D eigenvalue weighted by Crippen LogP contribution is 2.32. The van der Waals surface area contributed by atoms with Gasteiger partial charge in [0.2, 0.25) is 0 Å². The Hall–Kier alpha value is -0.120. The molecule has 112 valence electrons. The van der Waals surface area contributed by atoms with Gasteiger partial charge in [-0.05, 0) is 57.4 Å². The Morgan fingerprint density at radius 3 is 2.84 bits per heavy atom. The maximum atomic E-state index is 10.2. The summed E-state index contributed by atoms with van der Waals surface area (Å²) >= 11 is 0. The Bertz CT molecular complexity index is 280. The summed E-state index contributed by atoms with van der Waals surface area (Å²) in [6.07, 6.45) is 8.54. The summed E-state index contributed by atoms with van der Waals surface area (Å²) in [5, 5.41) is 10.2. The molecule has 3 heteroatoms. The van der Waals surface area contributed by atoms with Crippen molar-refractivity contribution in [2.45, 2.75) is 70.4 Å². The summed E-state index contributed by atoms with van der Waals surface area (Å²) < 4.78 is 0.